The molecule has 34 heavy (non-hydrogen) atoms. The number of sulfonamides is 1. The SMILES string of the molecule is Cc1ccc(C(C)C)c(OCC(=O)NNC(=O)CN(C)S(=O)(=O)c2ccc3ccccc3c2)c1. The number of hydrazine groups is 1. The second-order valence-electron chi connectivity index (χ2n) is 8.35. The Bertz CT molecular complexity index is 1300. The lowest BCUT2D eigenvalue weighted by Crippen LogP contribution is -2.48. The highest BCUT2D eigenvalue weighted by atomic mass is 32.2. The monoisotopic (exact) mass is 483 g/mol. The molecule has 2 amide bonds. The van der Waals surface area contributed by atoms with Gasteiger partial charge >= 0.3 is 0 Å². The van der Waals surface area contributed by atoms with Gasteiger partial charge in [-0.3, -0.25) is 20.4 Å². The quantitative estimate of drug-likeness (QED) is 0.479. The molecule has 9 heteroatoms. The number of aryl methyl sites for hydroxylation is 1. The number of nitrogens with zero attached hydrogens (tertiary/aromatic N) is 1. The number of hydrogen-bond donors (Lipinski definition) is 2. The van der Waals surface area contributed by atoms with Crippen LogP contribution in [-0.2, 0) is 19.6 Å². The smallest absolute Gasteiger partial charge is 0.276 e. The lowest BCUT2D eigenvalue weighted by atomic mass is 10.0. The standard InChI is InChI=1S/C25H29N3O5S/c1-17(2)22-12-9-18(3)13-23(22)33-16-25(30)27-26-24(29)15-28(4)34(31,32)21-11-10-19-7-5-6-8-20(19)14-21/h5-14,17H,15-16H2,1-4H3,(H,26,29)(H,27,30). The number of nitrogens with one attached hydrogen (secondary N) is 2. The van der Waals surface area contributed by atoms with E-state index in [-0.39, 0.29) is 17.4 Å². The molecule has 180 valence electrons. The molecule has 0 saturated heterocycles. The summed E-state index contributed by atoms with van der Waals surface area (Å²) in [5.74, 6) is -0.417. The molecule has 0 bridgehead atoms. The van der Waals surface area contributed by atoms with E-state index in [4.69, 9.17) is 4.74 Å². The first kappa shape index (κ1) is 25.2. The van der Waals surface area contributed by atoms with Crippen LogP contribution in [0.1, 0.15) is 30.9 Å². The molecule has 0 aromatic heterocycles. The van der Waals surface area contributed by atoms with E-state index >= 15 is 0 Å². The highest BCUT2D eigenvalue weighted by molar-refractivity contribution is 7.89. The van der Waals surface area contributed by atoms with Crippen molar-refractivity contribution in [3.63, 3.8) is 0 Å². The van der Waals surface area contributed by atoms with Crippen molar-refractivity contribution in [3.8, 4) is 5.75 Å². The number of carbonyl (C=O) groups excluding carboxylic acids is 2. The number of fused-ring (bicyclic) bond motifs is 1. The third-order valence-electron chi connectivity index (χ3n) is 5.29. The Morgan fingerprint density at radius 3 is 2.32 bits per heavy atom. The summed E-state index contributed by atoms with van der Waals surface area (Å²) in [6, 6.07) is 18.0. The fourth-order valence-electron chi connectivity index (χ4n) is 3.40. The van der Waals surface area contributed by atoms with Crippen molar-refractivity contribution in [1.29, 1.82) is 0 Å². The van der Waals surface area contributed by atoms with Gasteiger partial charge in [-0.25, -0.2) is 8.42 Å². The van der Waals surface area contributed by atoms with E-state index < -0.39 is 28.4 Å². The number of carbonyl (C=O) groups is 2. The van der Waals surface area contributed by atoms with E-state index in [9.17, 15) is 18.0 Å². The lowest BCUT2D eigenvalue weighted by molar-refractivity contribution is -0.130. The van der Waals surface area contributed by atoms with Gasteiger partial charge in [0.05, 0.1) is 11.4 Å². The molecule has 0 fully saturated rings. The number of ether oxygens (including phenoxy) is 1. The van der Waals surface area contributed by atoms with Crippen molar-refractivity contribution in [2.24, 2.45) is 0 Å². The predicted octanol–water partition coefficient (Wildman–Crippen LogP) is 3.12. The summed E-state index contributed by atoms with van der Waals surface area (Å²) in [6.45, 7) is 5.22. The zero-order valence-electron chi connectivity index (χ0n) is 19.7. The fraction of sp³-hybridized carbons (Fsp3) is 0.280. The van der Waals surface area contributed by atoms with Crippen LogP contribution < -0.4 is 15.6 Å². The van der Waals surface area contributed by atoms with Crippen molar-refractivity contribution in [1.82, 2.24) is 15.2 Å². The van der Waals surface area contributed by atoms with Crippen LogP contribution in [0.5, 0.6) is 5.75 Å². The minimum atomic E-state index is -3.89. The predicted molar refractivity (Wildman–Crippen MR) is 131 cm³/mol. The van der Waals surface area contributed by atoms with Gasteiger partial charge < -0.3 is 4.74 Å². The second kappa shape index (κ2) is 10.7. The zero-order chi connectivity index (χ0) is 24.9. The maximum Gasteiger partial charge on any atom is 0.276 e. The van der Waals surface area contributed by atoms with Crippen LogP contribution in [0, 0.1) is 6.92 Å². The molecule has 3 aromatic carbocycles. The number of amides is 2. The Morgan fingerprint density at radius 1 is 0.941 bits per heavy atom. The van der Waals surface area contributed by atoms with Crippen LogP contribution in [-0.4, -0.2) is 44.7 Å². The Labute approximate surface area is 199 Å². The number of benzene rings is 3. The van der Waals surface area contributed by atoms with E-state index in [1.165, 1.54) is 13.1 Å². The summed E-state index contributed by atoms with van der Waals surface area (Å²) in [5.41, 5.74) is 6.46. The summed E-state index contributed by atoms with van der Waals surface area (Å²) in [6.07, 6.45) is 0. The number of rotatable bonds is 8. The van der Waals surface area contributed by atoms with Crippen LogP contribution in [0.15, 0.2) is 65.6 Å². The molecule has 0 saturated carbocycles. The van der Waals surface area contributed by atoms with Crippen LogP contribution >= 0.6 is 0 Å². The maximum absolute atomic E-state index is 12.9. The zero-order valence-corrected chi connectivity index (χ0v) is 20.5. The topological polar surface area (TPSA) is 105 Å². The van der Waals surface area contributed by atoms with Crippen LogP contribution in [0.2, 0.25) is 0 Å². The molecule has 0 unspecified atom stereocenters. The second-order valence-corrected chi connectivity index (χ2v) is 10.4. The Balaban J connectivity index is 1.54. The van der Waals surface area contributed by atoms with E-state index in [1.807, 2.05) is 63.2 Å². The van der Waals surface area contributed by atoms with E-state index in [0.29, 0.717) is 5.75 Å². The summed E-state index contributed by atoms with van der Waals surface area (Å²) in [7, 11) is -2.59. The van der Waals surface area contributed by atoms with Crippen LogP contribution in [0.4, 0.5) is 0 Å². The summed E-state index contributed by atoms with van der Waals surface area (Å²) >= 11 is 0. The molecule has 3 rings (SSSR count). The van der Waals surface area contributed by atoms with Gasteiger partial charge in [0.15, 0.2) is 6.61 Å². The minimum absolute atomic E-state index is 0.0815. The van der Waals surface area contributed by atoms with Gasteiger partial charge in [0.25, 0.3) is 11.8 Å². The highest BCUT2D eigenvalue weighted by Crippen LogP contribution is 2.27. The molecule has 0 atom stereocenters. The fourth-order valence-corrected chi connectivity index (χ4v) is 4.56. The van der Waals surface area contributed by atoms with Gasteiger partial charge in [0.1, 0.15) is 5.75 Å². The highest BCUT2D eigenvalue weighted by Gasteiger charge is 2.23. The molecule has 0 aliphatic carbocycles. The van der Waals surface area contributed by atoms with E-state index in [1.54, 1.807) is 12.1 Å². The van der Waals surface area contributed by atoms with Gasteiger partial charge in [0.2, 0.25) is 10.0 Å². The molecular formula is C25H29N3O5S. The van der Waals surface area contributed by atoms with Gasteiger partial charge in [-0.2, -0.15) is 4.31 Å². The molecule has 8 nitrogen and oxygen atoms in total. The van der Waals surface area contributed by atoms with Crippen molar-refractivity contribution in [2.75, 3.05) is 20.2 Å². The molecule has 2 N–H and O–H groups in total. The normalized spacial score (nSPS) is 11.6. The largest absolute Gasteiger partial charge is 0.483 e. The number of likely N-dealkylation sites (N-methyl/N-ethyl adjacent to an activating group) is 1. The van der Waals surface area contributed by atoms with Gasteiger partial charge in [-0.05, 0) is 52.9 Å². The molecule has 0 spiro atoms. The molecule has 0 aliphatic heterocycles. The molecule has 0 radical (unpaired) electrons. The first-order valence-corrected chi connectivity index (χ1v) is 12.3. The molecule has 0 aliphatic rings. The Hall–Kier alpha value is -3.43. The van der Waals surface area contributed by atoms with Gasteiger partial charge in [-0.1, -0.05) is 56.3 Å². The first-order chi connectivity index (χ1) is 16.1. The molecule has 0 heterocycles. The minimum Gasteiger partial charge on any atom is -0.483 e. The van der Waals surface area contributed by atoms with Crippen LogP contribution in [0.25, 0.3) is 10.8 Å². The van der Waals surface area contributed by atoms with Crippen molar-refractivity contribution < 1.29 is 22.7 Å². The maximum atomic E-state index is 12.9. The summed E-state index contributed by atoms with van der Waals surface area (Å²) in [5, 5.41) is 1.70. The lowest BCUT2D eigenvalue weighted by Gasteiger charge is -2.18. The Morgan fingerprint density at radius 2 is 1.62 bits per heavy atom. The van der Waals surface area contributed by atoms with Crippen molar-refractivity contribution in [3.05, 3.63) is 71.8 Å². The van der Waals surface area contributed by atoms with Gasteiger partial charge in [0, 0.05) is 7.05 Å². The molecular weight excluding hydrogens is 454 g/mol. The van der Waals surface area contributed by atoms with Gasteiger partial charge in [-0.15, -0.1) is 0 Å². The molecule has 3 aromatic rings. The summed E-state index contributed by atoms with van der Waals surface area (Å²) in [4.78, 5) is 24.5. The third kappa shape index (κ3) is 6.12. The average molecular weight is 484 g/mol. The summed E-state index contributed by atoms with van der Waals surface area (Å²) < 4.78 is 32.3. The van der Waals surface area contributed by atoms with Crippen LogP contribution in [0.3, 0.4) is 0 Å². The third-order valence-corrected chi connectivity index (χ3v) is 7.09. The van der Waals surface area contributed by atoms with E-state index in [0.717, 1.165) is 26.2 Å². The van der Waals surface area contributed by atoms with Crippen molar-refractivity contribution >= 4 is 32.6 Å². The Kier molecular flexibility index (Phi) is 7.90. The number of hydrogen-bond acceptors (Lipinski definition) is 5. The van der Waals surface area contributed by atoms with E-state index in [2.05, 4.69) is 10.9 Å². The first-order valence-electron chi connectivity index (χ1n) is 10.8. The van der Waals surface area contributed by atoms with Crippen molar-refractivity contribution in [2.45, 2.75) is 31.6 Å². The average Bonchev–Trinajstić information content (AvgIpc) is 2.80.